The van der Waals surface area contributed by atoms with E-state index in [9.17, 15) is 4.79 Å². The zero-order valence-corrected chi connectivity index (χ0v) is 18.1. The molecule has 162 valence electrons. The summed E-state index contributed by atoms with van der Waals surface area (Å²) in [5.74, 6) is 0.669. The standard InChI is InChI=1S/C24H23N5O3/c1-17-9-7-14-22(29-24(30)28(2)26-27-29)21(17)16-32-20-13-8-12-19(15-20)23(25-31-3)18-10-5-4-6-11-18/h4-15H,16H2,1-3H3. The molecule has 0 saturated carbocycles. The molecule has 4 rings (SSSR count). The van der Waals surface area contributed by atoms with Crippen molar-refractivity contribution in [3.05, 3.63) is 106 Å². The summed E-state index contributed by atoms with van der Waals surface area (Å²) < 4.78 is 8.59. The van der Waals surface area contributed by atoms with Gasteiger partial charge in [0.15, 0.2) is 0 Å². The largest absolute Gasteiger partial charge is 0.489 e. The summed E-state index contributed by atoms with van der Waals surface area (Å²) in [6, 6.07) is 23.1. The zero-order valence-electron chi connectivity index (χ0n) is 18.1. The van der Waals surface area contributed by atoms with E-state index in [1.165, 1.54) is 16.5 Å². The number of hydrogen-bond donors (Lipinski definition) is 0. The first-order chi connectivity index (χ1) is 15.6. The molecule has 1 aromatic heterocycles. The van der Waals surface area contributed by atoms with Gasteiger partial charge in [-0.1, -0.05) is 59.8 Å². The second kappa shape index (κ2) is 9.30. The Morgan fingerprint density at radius 3 is 2.44 bits per heavy atom. The van der Waals surface area contributed by atoms with Crippen LogP contribution in [0.1, 0.15) is 22.3 Å². The number of ether oxygens (including phenoxy) is 1. The van der Waals surface area contributed by atoms with Crippen LogP contribution < -0.4 is 10.4 Å². The Morgan fingerprint density at radius 1 is 0.969 bits per heavy atom. The lowest BCUT2D eigenvalue weighted by molar-refractivity contribution is 0.214. The second-order valence-electron chi connectivity index (χ2n) is 7.17. The molecule has 8 heteroatoms. The van der Waals surface area contributed by atoms with E-state index >= 15 is 0 Å². The number of nitrogens with zero attached hydrogens (tertiary/aromatic N) is 5. The molecule has 3 aromatic carbocycles. The number of oxime groups is 1. The Morgan fingerprint density at radius 2 is 1.72 bits per heavy atom. The van der Waals surface area contributed by atoms with Crippen LogP contribution in [0.2, 0.25) is 0 Å². The maximum atomic E-state index is 12.4. The molecule has 0 radical (unpaired) electrons. The fourth-order valence-corrected chi connectivity index (χ4v) is 3.39. The van der Waals surface area contributed by atoms with E-state index in [0.717, 1.165) is 22.3 Å². The van der Waals surface area contributed by atoms with Crippen molar-refractivity contribution in [2.24, 2.45) is 12.2 Å². The summed E-state index contributed by atoms with van der Waals surface area (Å²) in [6.07, 6.45) is 0. The maximum Gasteiger partial charge on any atom is 0.368 e. The summed E-state index contributed by atoms with van der Waals surface area (Å²) in [7, 11) is 3.09. The van der Waals surface area contributed by atoms with Crippen LogP contribution in [0.15, 0.2) is 82.7 Å². The maximum absolute atomic E-state index is 12.4. The average Bonchev–Trinajstić information content (AvgIpc) is 3.15. The molecule has 1 heterocycles. The van der Waals surface area contributed by atoms with Gasteiger partial charge in [-0.3, -0.25) is 0 Å². The van der Waals surface area contributed by atoms with Gasteiger partial charge in [-0.05, 0) is 41.1 Å². The zero-order chi connectivity index (χ0) is 22.5. The monoisotopic (exact) mass is 429 g/mol. The lowest BCUT2D eigenvalue weighted by Crippen LogP contribution is -2.23. The van der Waals surface area contributed by atoms with Crippen molar-refractivity contribution < 1.29 is 9.57 Å². The second-order valence-corrected chi connectivity index (χ2v) is 7.17. The van der Waals surface area contributed by atoms with Gasteiger partial charge in [0, 0.05) is 23.7 Å². The Hall–Kier alpha value is -4.20. The molecule has 32 heavy (non-hydrogen) atoms. The third kappa shape index (κ3) is 4.29. The third-order valence-corrected chi connectivity index (χ3v) is 5.06. The molecule has 0 aliphatic heterocycles. The highest BCUT2D eigenvalue weighted by Crippen LogP contribution is 2.22. The minimum Gasteiger partial charge on any atom is -0.489 e. The fourth-order valence-electron chi connectivity index (χ4n) is 3.39. The first kappa shape index (κ1) is 21.0. The Kier molecular flexibility index (Phi) is 6.12. The molecular weight excluding hydrogens is 406 g/mol. The molecule has 0 spiro atoms. The van der Waals surface area contributed by atoms with Gasteiger partial charge in [0.25, 0.3) is 0 Å². The molecule has 0 saturated heterocycles. The van der Waals surface area contributed by atoms with Crippen molar-refractivity contribution in [3.63, 3.8) is 0 Å². The van der Waals surface area contributed by atoms with E-state index < -0.39 is 0 Å². The lowest BCUT2D eigenvalue weighted by atomic mass is 10.0. The van der Waals surface area contributed by atoms with Crippen LogP contribution in [0.3, 0.4) is 0 Å². The Balaban J connectivity index is 1.63. The summed E-state index contributed by atoms with van der Waals surface area (Å²) >= 11 is 0. The Bertz CT molecular complexity index is 1310. The molecular formula is C24H23N5O3. The van der Waals surface area contributed by atoms with Gasteiger partial charge in [0.1, 0.15) is 25.2 Å². The first-order valence-corrected chi connectivity index (χ1v) is 10.1. The van der Waals surface area contributed by atoms with Gasteiger partial charge >= 0.3 is 5.69 Å². The van der Waals surface area contributed by atoms with Crippen LogP contribution in [-0.2, 0) is 18.5 Å². The minimum absolute atomic E-state index is 0.260. The van der Waals surface area contributed by atoms with Crippen LogP contribution in [0, 0.1) is 6.92 Å². The molecule has 0 fully saturated rings. The smallest absolute Gasteiger partial charge is 0.368 e. The van der Waals surface area contributed by atoms with Crippen LogP contribution in [0.4, 0.5) is 0 Å². The quantitative estimate of drug-likeness (QED) is 0.333. The highest BCUT2D eigenvalue weighted by atomic mass is 16.6. The number of rotatable bonds is 7. The van der Waals surface area contributed by atoms with Crippen molar-refractivity contribution in [2.75, 3.05) is 7.11 Å². The highest BCUT2D eigenvalue weighted by molar-refractivity contribution is 6.12. The lowest BCUT2D eigenvalue weighted by Gasteiger charge is -2.14. The predicted molar refractivity (Wildman–Crippen MR) is 121 cm³/mol. The van der Waals surface area contributed by atoms with Crippen molar-refractivity contribution in [1.29, 1.82) is 0 Å². The molecule has 8 nitrogen and oxygen atoms in total. The topological polar surface area (TPSA) is 83.5 Å². The molecule has 0 bridgehead atoms. The van der Waals surface area contributed by atoms with Gasteiger partial charge in [0.2, 0.25) is 0 Å². The summed E-state index contributed by atoms with van der Waals surface area (Å²) in [5.41, 5.74) is 4.69. The van der Waals surface area contributed by atoms with E-state index in [0.29, 0.717) is 17.1 Å². The number of aromatic nitrogens is 4. The first-order valence-electron chi connectivity index (χ1n) is 10.1. The van der Waals surface area contributed by atoms with Crippen molar-refractivity contribution in [3.8, 4) is 11.4 Å². The number of aryl methyl sites for hydroxylation is 2. The van der Waals surface area contributed by atoms with Crippen molar-refractivity contribution in [1.82, 2.24) is 19.8 Å². The van der Waals surface area contributed by atoms with Crippen LogP contribution in [-0.4, -0.2) is 32.6 Å². The average molecular weight is 429 g/mol. The number of hydrogen-bond acceptors (Lipinski definition) is 6. The SMILES string of the molecule is CON=C(c1ccccc1)c1cccc(OCc2c(C)cccc2-n2nnn(C)c2=O)c1. The summed E-state index contributed by atoms with van der Waals surface area (Å²) in [5, 5.41) is 12.0. The normalized spacial score (nSPS) is 11.4. The summed E-state index contributed by atoms with van der Waals surface area (Å²) in [4.78, 5) is 17.4. The van der Waals surface area contributed by atoms with Crippen molar-refractivity contribution in [2.45, 2.75) is 13.5 Å². The van der Waals surface area contributed by atoms with Gasteiger partial charge in [-0.25, -0.2) is 4.79 Å². The predicted octanol–water partition coefficient (Wildman–Crippen LogP) is 3.25. The Labute approximate surface area is 185 Å². The van der Waals surface area contributed by atoms with Gasteiger partial charge in [0.05, 0.1) is 5.69 Å². The van der Waals surface area contributed by atoms with Crippen molar-refractivity contribution >= 4 is 5.71 Å². The van der Waals surface area contributed by atoms with E-state index in [1.54, 1.807) is 7.05 Å². The van der Waals surface area contributed by atoms with Crippen LogP contribution in [0.25, 0.3) is 5.69 Å². The molecule has 0 unspecified atom stereocenters. The van der Waals surface area contributed by atoms with Crippen LogP contribution in [0.5, 0.6) is 5.75 Å². The van der Waals surface area contributed by atoms with Gasteiger partial charge in [-0.15, -0.1) is 0 Å². The molecule has 4 aromatic rings. The molecule has 0 atom stereocenters. The van der Waals surface area contributed by atoms with E-state index in [2.05, 4.69) is 15.6 Å². The van der Waals surface area contributed by atoms with E-state index in [1.807, 2.05) is 79.7 Å². The fraction of sp³-hybridized carbons (Fsp3) is 0.167. The minimum atomic E-state index is -0.317. The van der Waals surface area contributed by atoms with Gasteiger partial charge in [-0.2, -0.15) is 9.36 Å². The molecule has 0 aliphatic carbocycles. The summed E-state index contributed by atoms with van der Waals surface area (Å²) in [6.45, 7) is 2.23. The van der Waals surface area contributed by atoms with E-state index in [-0.39, 0.29) is 12.3 Å². The molecule has 0 amide bonds. The molecule has 0 N–H and O–H groups in total. The van der Waals surface area contributed by atoms with Gasteiger partial charge < -0.3 is 9.57 Å². The molecule has 0 aliphatic rings. The van der Waals surface area contributed by atoms with E-state index in [4.69, 9.17) is 9.57 Å². The van der Waals surface area contributed by atoms with Crippen LogP contribution >= 0.6 is 0 Å². The third-order valence-electron chi connectivity index (χ3n) is 5.06. The number of benzene rings is 3. The highest BCUT2D eigenvalue weighted by Gasteiger charge is 2.14. The number of tetrazole rings is 1.